The Hall–Kier alpha value is -0.970. The van der Waals surface area contributed by atoms with Gasteiger partial charge in [-0.1, -0.05) is 20.8 Å². The zero-order valence-electron chi connectivity index (χ0n) is 11.8. The largest absolute Gasteiger partial charge is 0.350 e. The molecule has 0 radical (unpaired) electrons. The third-order valence-electron chi connectivity index (χ3n) is 3.04. The van der Waals surface area contributed by atoms with Gasteiger partial charge >= 0.3 is 0 Å². The van der Waals surface area contributed by atoms with Gasteiger partial charge < -0.3 is 9.88 Å². The summed E-state index contributed by atoms with van der Waals surface area (Å²) in [4.78, 5) is 16.0. The Labute approximate surface area is 114 Å². The number of carbonyl (C=O) groups is 1. The van der Waals surface area contributed by atoms with Crippen molar-refractivity contribution in [2.75, 3.05) is 6.26 Å². The van der Waals surface area contributed by atoms with Crippen molar-refractivity contribution in [3.05, 3.63) is 18.7 Å². The fraction of sp³-hybridized carbons (Fsp3) is 0.692. The minimum atomic E-state index is -0.0161. The fourth-order valence-electron chi connectivity index (χ4n) is 1.54. The van der Waals surface area contributed by atoms with Gasteiger partial charge in [-0.25, -0.2) is 4.98 Å². The number of nitrogens with zero attached hydrogens (tertiary/aromatic N) is 2. The highest BCUT2D eigenvalue weighted by molar-refractivity contribution is 7.99. The molecule has 0 aliphatic rings. The Morgan fingerprint density at radius 3 is 2.61 bits per heavy atom. The standard InChI is InChI=1S/C13H23N3OS/c1-10(18-5)12(17)15-11(13(2,3)4)8-16-7-6-14-9-16/h6-7,9-11H,8H2,1-5H3,(H,15,17)/t10-,11-/m1/s1. The molecule has 1 amide bonds. The molecule has 102 valence electrons. The van der Waals surface area contributed by atoms with Crippen LogP contribution in [-0.4, -0.2) is 33.0 Å². The Bertz CT molecular complexity index is 370. The second-order valence-electron chi connectivity index (χ2n) is 5.56. The zero-order valence-corrected chi connectivity index (χ0v) is 12.6. The second kappa shape index (κ2) is 6.27. The van der Waals surface area contributed by atoms with Gasteiger partial charge in [0.2, 0.25) is 5.91 Å². The third-order valence-corrected chi connectivity index (χ3v) is 3.96. The first-order valence-corrected chi connectivity index (χ1v) is 7.42. The van der Waals surface area contributed by atoms with Gasteiger partial charge in [0.05, 0.1) is 17.6 Å². The number of carbonyl (C=O) groups excluding carboxylic acids is 1. The second-order valence-corrected chi connectivity index (χ2v) is 6.74. The van der Waals surface area contributed by atoms with Gasteiger partial charge in [-0.05, 0) is 18.6 Å². The van der Waals surface area contributed by atoms with Crippen molar-refractivity contribution in [1.29, 1.82) is 0 Å². The van der Waals surface area contributed by atoms with Crippen LogP contribution in [0.25, 0.3) is 0 Å². The minimum absolute atomic E-state index is 0.0120. The highest BCUT2D eigenvalue weighted by Gasteiger charge is 2.27. The van der Waals surface area contributed by atoms with Crippen molar-refractivity contribution < 1.29 is 4.79 Å². The number of imidazole rings is 1. The molecular weight excluding hydrogens is 246 g/mol. The van der Waals surface area contributed by atoms with Crippen LogP contribution in [0, 0.1) is 5.41 Å². The lowest BCUT2D eigenvalue weighted by atomic mass is 9.86. The molecule has 0 fully saturated rings. The predicted molar refractivity (Wildman–Crippen MR) is 76.6 cm³/mol. The quantitative estimate of drug-likeness (QED) is 0.891. The minimum Gasteiger partial charge on any atom is -0.350 e. The summed E-state index contributed by atoms with van der Waals surface area (Å²) < 4.78 is 2.00. The molecule has 5 heteroatoms. The molecule has 0 aromatic carbocycles. The number of rotatable bonds is 5. The topological polar surface area (TPSA) is 46.9 Å². The zero-order chi connectivity index (χ0) is 13.8. The maximum Gasteiger partial charge on any atom is 0.233 e. The van der Waals surface area contributed by atoms with Crippen molar-refractivity contribution >= 4 is 17.7 Å². The van der Waals surface area contributed by atoms with Crippen LogP contribution in [0.15, 0.2) is 18.7 Å². The lowest BCUT2D eigenvalue weighted by Crippen LogP contribution is -2.48. The molecule has 2 atom stereocenters. The molecular formula is C13H23N3OS. The van der Waals surface area contributed by atoms with E-state index in [0.717, 1.165) is 6.54 Å². The lowest BCUT2D eigenvalue weighted by Gasteiger charge is -2.32. The monoisotopic (exact) mass is 269 g/mol. The van der Waals surface area contributed by atoms with Crippen molar-refractivity contribution in [3.63, 3.8) is 0 Å². The van der Waals surface area contributed by atoms with E-state index in [1.165, 1.54) is 0 Å². The van der Waals surface area contributed by atoms with E-state index >= 15 is 0 Å². The molecule has 1 N–H and O–H groups in total. The molecule has 1 aromatic rings. The van der Waals surface area contributed by atoms with Crippen LogP contribution in [0.4, 0.5) is 0 Å². The van der Waals surface area contributed by atoms with Crippen LogP contribution in [0.3, 0.4) is 0 Å². The van der Waals surface area contributed by atoms with Gasteiger partial charge in [-0.3, -0.25) is 4.79 Å². The normalized spacial score (nSPS) is 15.2. The Morgan fingerprint density at radius 1 is 1.50 bits per heavy atom. The van der Waals surface area contributed by atoms with Crippen LogP contribution in [0.2, 0.25) is 0 Å². The maximum atomic E-state index is 12.0. The SMILES string of the molecule is CS[C@H](C)C(=O)N[C@H](Cn1ccnc1)C(C)(C)C. The summed E-state index contributed by atoms with van der Waals surface area (Å²) in [7, 11) is 0. The van der Waals surface area contributed by atoms with Crippen molar-refractivity contribution in [2.45, 2.75) is 45.5 Å². The van der Waals surface area contributed by atoms with Gasteiger partial charge in [0.15, 0.2) is 0 Å². The summed E-state index contributed by atoms with van der Waals surface area (Å²) in [5.41, 5.74) is 0.0120. The molecule has 4 nitrogen and oxygen atoms in total. The van der Waals surface area contributed by atoms with Crippen molar-refractivity contribution in [1.82, 2.24) is 14.9 Å². The van der Waals surface area contributed by atoms with Crippen LogP contribution in [0.5, 0.6) is 0 Å². The van der Waals surface area contributed by atoms with Gasteiger partial charge in [0.1, 0.15) is 0 Å². The first kappa shape index (κ1) is 15.1. The Balaban J connectivity index is 2.71. The maximum absolute atomic E-state index is 12.0. The van der Waals surface area contributed by atoms with Crippen LogP contribution >= 0.6 is 11.8 Å². The van der Waals surface area contributed by atoms with Gasteiger partial charge in [0.25, 0.3) is 0 Å². The van der Waals surface area contributed by atoms with Crippen molar-refractivity contribution in [2.24, 2.45) is 5.41 Å². The molecule has 0 aliphatic carbocycles. The van der Waals surface area contributed by atoms with E-state index in [1.807, 2.05) is 23.9 Å². The summed E-state index contributed by atoms with van der Waals surface area (Å²) in [6.45, 7) is 9.09. The summed E-state index contributed by atoms with van der Waals surface area (Å²) in [6.07, 6.45) is 7.41. The van der Waals surface area contributed by atoms with E-state index in [9.17, 15) is 4.79 Å². The molecule has 0 aliphatic heterocycles. The molecule has 1 rings (SSSR count). The third kappa shape index (κ3) is 4.37. The Kier molecular flexibility index (Phi) is 5.26. The van der Waals surface area contributed by atoms with Gasteiger partial charge in [-0.2, -0.15) is 11.8 Å². The molecule has 0 unspecified atom stereocenters. The van der Waals surface area contributed by atoms with Crippen LogP contribution in [-0.2, 0) is 11.3 Å². The van der Waals surface area contributed by atoms with E-state index in [4.69, 9.17) is 0 Å². The summed E-state index contributed by atoms with van der Waals surface area (Å²) in [5.74, 6) is 0.0996. The predicted octanol–water partition coefficient (Wildman–Crippen LogP) is 2.17. The highest BCUT2D eigenvalue weighted by atomic mass is 32.2. The lowest BCUT2D eigenvalue weighted by molar-refractivity contribution is -0.121. The van der Waals surface area contributed by atoms with E-state index in [0.29, 0.717) is 0 Å². The highest BCUT2D eigenvalue weighted by Crippen LogP contribution is 2.21. The number of hydrogen-bond acceptors (Lipinski definition) is 3. The summed E-state index contributed by atoms with van der Waals surface area (Å²) in [5, 5.41) is 3.12. The van der Waals surface area contributed by atoms with Crippen molar-refractivity contribution in [3.8, 4) is 0 Å². The summed E-state index contributed by atoms with van der Waals surface area (Å²) in [6, 6.07) is 0.0915. The first-order valence-electron chi connectivity index (χ1n) is 6.13. The van der Waals surface area contributed by atoms with Gasteiger partial charge in [-0.15, -0.1) is 0 Å². The number of nitrogens with one attached hydrogen (secondary N) is 1. The molecule has 0 saturated carbocycles. The smallest absolute Gasteiger partial charge is 0.233 e. The van der Waals surface area contributed by atoms with Crippen LogP contribution < -0.4 is 5.32 Å². The Morgan fingerprint density at radius 2 is 2.17 bits per heavy atom. The summed E-state index contributed by atoms with van der Waals surface area (Å²) >= 11 is 1.56. The number of amides is 1. The first-order chi connectivity index (χ1) is 8.34. The molecule has 0 saturated heterocycles. The molecule has 0 bridgehead atoms. The molecule has 18 heavy (non-hydrogen) atoms. The average molecular weight is 269 g/mol. The number of thioether (sulfide) groups is 1. The molecule has 1 heterocycles. The molecule has 0 spiro atoms. The van der Waals surface area contributed by atoms with Gasteiger partial charge in [0, 0.05) is 18.9 Å². The number of hydrogen-bond donors (Lipinski definition) is 1. The van der Waals surface area contributed by atoms with E-state index in [1.54, 1.807) is 24.3 Å². The van der Waals surface area contributed by atoms with Crippen LogP contribution in [0.1, 0.15) is 27.7 Å². The average Bonchev–Trinajstić information content (AvgIpc) is 2.78. The fourth-order valence-corrected chi connectivity index (χ4v) is 1.82. The van der Waals surface area contributed by atoms with E-state index in [2.05, 4.69) is 31.1 Å². The van der Waals surface area contributed by atoms with E-state index in [-0.39, 0.29) is 22.6 Å². The van der Waals surface area contributed by atoms with E-state index < -0.39 is 0 Å². The molecule has 1 aromatic heterocycles. The number of aromatic nitrogens is 2.